The zero-order chi connectivity index (χ0) is 16.0. The van der Waals surface area contributed by atoms with Crippen molar-refractivity contribution in [3.63, 3.8) is 0 Å². The summed E-state index contributed by atoms with van der Waals surface area (Å²) in [7, 11) is -3.47. The zero-order valence-electron chi connectivity index (χ0n) is 13.6. The van der Waals surface area contributed by atoms with Gasteiger partial charge >= 0.3 is 0 Å². The molecule has 3 rings (SSSR count). The second kappa shape index (κ2) is 6.59. The number of ether oxygens (including phenoxy) is 1. The summed E-state index contributed by atoms with van der Waals surface area (Å²) in [5.74, 6) is 0.811. The SMILES string of the molecule is CC1(C)CN(S(=O)(=O)c2ccc3c(c2)CCCO3)CCC1N.Cl. The minimum Gasteiger partial charge on any atom is -0.493 e. The normalized spacial score (nSPS) is 24.2. The van der Waals surface area contributed by atoms with Gasteiger partial charge in [-0.3, -0.25) is 0 Å². The van der Waals surface area contributed by atoms with Gasteiger partial charge in [-0.2, -0.15) is 4.31 Å². The van der Waals surface area contributed by atoms with Gasteiger partial charge in [0.05, 0.1) is 11.5 Å². The fourth-order valence-corrected chi connectivity index (χ4v) is 4.85. The van der Waals surface area contributed by atoms with Crippen LogP contribution in [0.15, 0.2) is 23.1 Å². The van der Waals surface area contributed by atoms with E-state index in [4.69, 9.17) is 10.5 Å². The number of nitrogens with two attached hydrogens (primary N) is 1. The molecule has 1 unspecified atom stereocenters. The van der Waals surface area contributed by atoms with E-state index >= 15 is 0 Å². The molecular weight excluding hydrogens is 336 g/mol. The molecule has 23 heavy (non-hydrogen) atoms. The van der Waals surface area contributed by atoms with Crippen LogP contribution in [0.5, 0.6) is 5.75 Å². The summed E-state index contributed by atoms with van der Waals surface area (Å²) < 4.78 is 33.0. The number of hydrogen-bond acceptors (Lipinski definition) is 4. The number of piperidine rings is 1. The van der Waals surface area contributed by atoms with E-state index in [1.165, 1.54) is 0 Å². The van der Waals surface area contributed by atoms with Gasteiger partial charge in [0, 0.05) is 19.1 Å². The first kappa shape index (κ1) is 18.5. The largest absolute Gasteiger partial charge is 0.493 e. The highest BCUT2D eigenvalue weighted by molar-refractivity contribution is 7.89. The topological polar surface area (TPSA) is 72.6 Å². The van der Waals surface area contributed by atoms with Crippen LogP contribution in [0.2, 0.25) is 0 Å². The van der Waals surface area contributed by atoms with Crippen molar-refractivity contribution in [2.45, 2.75) is 44.0 Å². The molecule has 0 saturated carbocycles. The highest BCUT2D eigenvalue weighted by Gasteiger charge is 2.39. The lowest BCUT2D eigenvalue weighted by atomic mass is 9.81. The predicted molar refractivity (Wildman–Crippen MR) is 92.6 cm³/mol. The van der Waals surface area contributed by atoms with Gasteiger partial charge in [-0.1, -0.05) is 13.8 Å². The van der Waals surface area contributed by atoms with Crippen LogP contribution in [0.1, 0.15) is 32.3 Å². The summed E-state index contributed by atoms with van der Waals surface area (Å²) in [4.78, 5) is 0.364. The second-order valence-electron chi connectivity index (χ2n) is 6.94. The van der Waals surface area contributed by atoms with Gasteiger partial charge in [-0.05, 0) is 48.4 Å². The van der Waals surface area contributed by atoms with Crippen LogP contribution in [0.4, 0.5) is 0 Å². The molecule has 0 spiro atoms. The zero-order valence-corrected chi connectivity index (χ0v) is 15.3. The van der Waals surface area contributed by atoms with Gasteiger partial charge in [-0.25, -0.2) is 8.42 Å². The molecule has 0 aliphatic carbocycles. The first-order chi connectivity index (χ1) is 10.3. The monoisotopic (exact) mass is 360 g/mol. The molecule has 1 saturated heterocycles. The Bertz CT molecular complexity index is 676. The Morgan fingerprint density at radius 2 is 2.09 bits per heavy atom. The molecule has 1 fully saturated rings. The smallest absolute Gasteiger partial charge is 0.243 e. The van der Waals surface area contributed by atoms with Gasteiger partial charge in [0.1, 0.15) is 5.75 Å². The van der Waals surface area contributed by atoms with E-state index in [1.807, 2.05) is 13.8 Å². The summed E-state index contributed by atoms with van der Waals surface area (Å²) in [6, 6.07) is 5.24. The van der Waals surface area contributed by atoms with Gasteiger partial charge in [0.15, 0.2) is 0 Å². The number of nitrogens with zero attached hydrogens (tertiary/aromatic N) is 1. The van der Waals surface area contributed by atoms with Gasteiger partial charge in [0.2, 0.25) is 10.0 Å². The number of benzene rings is 1. The van der Waals surface area contributed by atoms with Crippen LogP contribution < -0.4 is 10.5 Å². The molecule has 0 aromatic heterocycles. The first-order valence-electron chi connectivity index (χ1n) is 7.82. The van der Waals surface area contributed by atoms with E-state index in [0.29, 0.717) is 31.0 Å². The summed E-state index contributed by atoms with van der Waals surface area (Å²) in [6.45, 7) is 5.71. The maximum absolute atomic E-state index is 12.9. The van der Waals surface area contributed by atoms with E-state index in [-0.39, 0.29) is 23.9 Å². The Hall–Kier alpha value is -0.820. The molecule has 2 heterocycles. The van der Waals surface area contributed by atoms with Crippen molar-refractivity contribution in [3.8, 4) is 5.75 Å². The van der Waals surface area contributed by atoms with E-state index in [2.05, 4.69) is 0 Å². The molecule has 2 N–H and O–H groups in total. The number of sulfonamides is 1. The number of fused-ring (bicyclic) bond motifs is 1. The number of rotatable bonds is 2. The molecule has 1 aromatic rings. The Kier molecular flexibility index (Phi) is 5.31. The molecule has 2 aliphatic heterocycles. The molecule has 0 amide bonds. The third kappa shape index (κ3) is 3.50. The Morgan fingerprint density at radius 1 is 1.35 bits per heavy atom. The predicted octanol–water partition coefficient (Wildman–Crippen LogP) is 2.18. The van der Waals surface area contributed by atoms with Crippen LogP contribution in [-0.2, 0) is 16.4 Å². The molecule has 0 radical (unpaired) electrons. The van der Waals surface area contributed by atoms with Crippen molar-refractivity contribution in [3.05, 3.63) is 23.8 Å². The summed E-state index contributed by atoms with van der Waals surface area (Å²) in [6.07, 6.45) is 2.50. The molecule has 2 aliphatic rings. The first-order valence-corrected chi connectivity index (χ1v) is 9.26. The lowest BCUT2D eigenvalue weighted by Gasteiger charge is -2.41. The van der Waals surface area contributed by atoms with Crippen molar-refractivity contribution in [2.24, 2.45) is 11.1 Å². The molecule has 0 bridgehead atoms. The average Bonchev–Trinajstić information content (AvgIpc) is 2.49. The van der Waals surface area contributed by atoms with Crippen LogP contribution in [0, 0.1) is 5.41 Å². The fourth-order valence-electron chi connectivity index (χ4n) is 3.18. The molecule has 5 nitrogen and oxygen atoms in total. The molecule has 7 heteroatoms. The van der Waals surface area contributed by atoms with Gasteiger partial charge < -0.3 is 10.5 Å². The second-order valence-corrected chi connectivity index (χ2v) is 8.88. The molecule has 1 atom stereocenters. The van der Waals surface area contributed by atoms with Crippen LogP contribution in [0.25, 0.3) is 0 Å². The highest BCUT2D eigenvalue weighted by Crippen LogP contribution is 2.33. The maximum Gasteiger partial charge on any atom is 0.243 e. The minimum atomic E-state index is -3.47. The van der Waals surface area contributed by atoms with Crippen LogP contribution in [0.3, 0.4) is 0 Å². The summed E-state index contributed by atoms with van der Waals surface area (Å²) in [5.41, 5.74) is 6.89. The Balaban J connectivity index is 0.00000192. The van der Waals surface area contributed by atoms with E-state index in [9.17, 15) is 8.42 Å². The Labute approximate surface area is 144 Å². The van der Waals surface area contributed by atoms with Crippen molar-refractivity contribution < 1.29 is 13.2 Å². The quantitative estimate of drug-likeness (QED) is 0.877. The number of aryl methyl sites for hydroxylation is 1. The standard InChI is InChI=1S/C16H24N2O3S.ClH/c1-16(2)11-18(8-7-15(16)17)22(19,20)13-5-6-14-12(10-13)4-3-9-21-14;/h5-6,10,15H,3-4,7-9,11,17H2,1-2H3;1H. The number of halogens is 1. The Morgan fingerprint density at radius 3 is 2.78 bits per heavy atom. The highest BCUT2D eigenvalue weighted by atomic mass is 35.5. The molecular formula is C16H25ClN2O3S. The van der Waals surface area contributed by atoms with Crippen molar-refractivity contribution in [2.75, 3.05) is 19.7 Å². The third-order valence-electron chi connectivity index (χ3n) is 4.79. The minimum absolute atomic E-state index is 0. The van der Waals surface area contributed by atoms with E-state index < -0.39 is 10.0 Å². The van der Waals surface area contributed by atoms with Crippen molar-refractivity contribution in [1.82, 2.24) is 4.31 Å². The fraction of sp³-hybridized carbons (Fsp3) is 0.625. The van der Waals surface area contributed by atoms with Crippen LogP contribution in [-0.4, -0.2) is 38.5 Å². The van der Waals surface area contributed by atoms with E-state index in [0.717, 1.165) is 24.2 Å². The van der Waals surface area contributed by atoms with Gasteiger partial charge in [0.25, 0.3) is 0 Å². The maximum atomic E-state index is 12.9. The summed E-state index contributed by atoms with van der Waals surface area (Å²) >= 11 is 0. The molecule has 1 aromatic carbocycles. The van der Waals surface area contributed by atoms with Crippen molar-refractivity contribution >= 4 is 22.4 Å². The van der Waals surface area contributed by atoms with Crippen LogP contribution >= 0.6 is 12.4 Å². The summed E-state index contributed by atoms with van der Waals surface area (Å²) in [5, 5.41) is 0. The average molecular weight is 361 g/mol. The number of hydrogen-bond donors (Lipinski definition) is 1. The lowest BCUT2D eigenvalue weighted by Crippen LogP contribution is -2.53. The lowest BCUT2D eigenvalue weighted by molar-refractivity contribution is 0.155. The third-order valence-corrected chi connectivity index (χ3v) is 6.64. The van der Waals surface area contributed by atoms with E-state index in [1.54, 1.807) is 22.5 Å². The molecule has 130 valence electrons. The van der Waals surface area contributed by atoms with Gasteiger partial charge in [-0.15, -0.1) is 12.4 Å². The van der Waals surface area contributed by atoms with Crippen molar-refractivity contribution in [1.29, 1.82) is 0 Å².